The molecule has 0 aliphatic rings. The molecule has 0 bridgehead atoms. The Hall–Kier alpha value is -1.97. The Balaban J connectivity index is 2.45. The molecule has 0 aliphatic carbocycles. The van der Waals surface area contributed by atoms with Gasteiger partial charge in [-0.3, -0.25) is 0 Å². The highest BCUT2D eigenvalue weighted by Gasteiger charge is 2.18. The van der Waals surface area contributed by atoms with Crippen LogP contribution in [0.3, 0.4) is 0 Å². The maximum atomic E-state index is 11.4. The third-order valence-electron chi connectivity index (χ3n) is 2.03. The second-order valence-electron chi connectivity index (χ2n) is 3.07. The first-order valence-electron chi connectivity index (χ1n) is 4.45. The molecule has 0 spiro atoms. The molecule has 0 atom stereocenters. The van der Waals surface area contributed by atoms with Gasteiger partial charge in [0.2, 0.25) is 0 Å². The normalized spacial score (nSPS) is 10.3. The number of methoxy groups -OCH3 is 1. The van der Waals surface area contributed by atoms with Crippen molar-refractivity contribution >= 4 is 5.97 Å². The van der Waals surface area contributed by atoms with Crippen LogP contribution in [-0.4, -0.2) is 13.1 Å². The summed E-state index contributed by atoms with van der Waals surface area (Å²) in [5, 5.41) is 0. The molecule has 4 nitrogen and oxygen atoms in total. The van der Waals surface area contributed by atoms with Crippen molar-refractivity contribution in [2.75, 3.05) is 7.11 Å². The minimum absolute atomic E-state index is 0.367. The monoisotopic (exact) mass is 206 g/mol. The van der Waals surface area contributed by atoms with Gasteiger partial charge in [-0.2, -0.15) is 0 Å². The Morgan fingerprint density at radius 1 is 1.33 bits per heavy atom. The molecule has 2 heterocycles. The van der Waals surface area contributed by atoms with Gasteiger partial charge in [-0.25, -0.2) is 4.79 Å². The van der Waals surface area contributed by atoms with Crippen LogP contribution < -0.4 is 0 Å². The first-order valence-corrected chi connectivity index (χ1v) is 4.45. The van der Waals surface area contributed by atoms with Crippen molar-refractivity contribution in [2.45, 2.75) is 6.92 Å². The van der Waals surface area contributed by atoms with Gasteiger partial charge >= 0.3 is 5.97 Å². The van der Waals surface area contributed by atoms with E-state index < -0.39 is 5.97 Å². The first-order chi connectivity index (χ1) is 7.22. The third-order valence-corrected chi connectivity index (χ3v) is 2.03. The highest BCUT2D eigenvalue weighted by atomic mass is 16.5. The summed E-state index contributed by atoms with van der Waals surface area (Å²) in [7, 11) is 1.33. The van der Waals surface area contributed by atoms with Gasteiger partial charge in [0.15, 0.2) is 11.5 Å². The number of hydrogen-bond donors (Lipinski definition) is 0. The molecule has 2 aromatic rings. The van der Waals surface area contributed by atoms with Crippen LogP contribution in [0.5, 0.6) is 0 Å². The number of aryl methyl sites for hydroxylation is 1. The van der Waals surface area contributed by atoms with E-state index in [4.69, 9.17) is 8.83 Å². The predicted molar refractivity (Wildman–Crippen MR) is 52.5 cm³/mol. The highest BCUT2D eigenvalue weighted by Crippen LogP contribution is 2.27. The van der Waals surface area contributed by atoms with Gasteiger partial charge in [0.1, 0.15) is 11.3 Å². The lowest BCUT2D eigenvalue weighted by Crippen LogP contribution is -2.00. The van der Waals surface area contributed by atoms with Crippen molar-refractivity contribution in [1.82, 2.24) is 0 Å². The largest absolute Gasteiger partial charge is 0.465 e. The van der Waals surface area contributed by atoms with Gasteiger partial charge in [0.25, 0.3) is 0 Å². The Kier molecular flexibility index (Phi) is 2.33. The Morgan fingerprint density at radius 3 is 2.73 bits per heavy atom. The predicted octanol–water partition coefficient (Wildman–Crippen LogP) is 2.63. The standard InChI is InChI=1S/C11H10O4/c1-7-3-4-9(15-7)10-8(5-6-14-10)11(12)13-2/h3-6H,1-2H3. The SMILES string of the molecule is COC(=O)c1ccoc1-c1ccc(C)o1. The zero-order valence-corrected chi connectivity index (χ0v) is 8.44. The number of esters is 1. The van der Waals surface area contributed by atoms with E-state index in [-0.39, 0.29) is 0 Å². The lowest BCUT2D eigenvalue weighted by atomic mass is 10.2. The van der Waals surface area contributed by atoms with Gasteiger partial charge < -0.3 is 13.6 Å². The molecule has 2 rings (SSSR count). The summed E-state index contributed by atoms with van der Waals surface area (Å²) in [5.41, 5.74) is 0.367. The quantitative estimate of drug-likeness (QED) is 0.709. The zero-order chi connectivity index (χ0) is 10.8. The van der Waals surface area contributed by atoms with E-state index in [1.54, 1.807) is 18.2 Å². The summed E-state index contributed by atoms with van der Waals surface area (Å²) in [5.74, 6) is 1.25. The van der Waals surface area contributed by atoms with E-state index in [2.05, 4.69) is 4.74 Å². The van der Waals surface area contributed by atoms with Gasteiger partial charge in [0, 0.05) is 0 Å². The topological polar surface area (TPSA) is 52.6 Å². The van der Waals surface area contributed by atoms with E-state index in [1.807, 2.05) is 6.92 Å². The van der Waals surface area contributed by atoms with Crippen molar-refractivity contribution in [3.63, 3.8) is 0 Å². The average Bonchev–Trinajstić information content (AvgIpc) is 2.84. The Morgan fingerprint density at radius 2 is 2.13 bits per heavy atom. The fraction of sp³-hybridized carbons (Fsp3) is 0.182. The fourth-order valence-corrected chi connectivity index (χ4v) is 1.33. The molecule has 4 heteroatoms. The minimum Gasteiger partial charge on any atom is -0.465 e. The highest BCUT2D eigenvalue weighted by molar-refractivity contribution is 5.94. The summed E-state index contributed by atoms with van der Waals surface area (Å²) in [6, 6.07) is 5.11. The second kappa shape index (κ2) is 3.65. The molecule has 0 aromatic carbocycles. The summed E-state index contributed by atoms with van der Waals surface area (Å²) in [4.78, 5) is 11.4. The maximum Gasteiger partial charge on any atom is 0.341 e. The summed E-state index contributed by atoms with van der Waals surface area (Å²) in [6.07, 6.45) is 1.43. The average molecular weight is 206 g/mol. The minimum atomic E-state index is -0.437. The molecule has 0 aliphatic heterocycles. The molecule has 0 radical (unpaired) electrons. The third kappa shape index (κ3) is 1.66. The smallest absolute Gasteiger partial charge is 0.341 e. The zero-order valence-electron chi connectivity index (χ0n) is 8.44. The Labute approximate surface area is 86.4 Å². The van der Waals surface area contributed by atoms with Crippen molar-refractivity contribution in [2.24, 2.45) is 0 Å². The molecular weight excluding hydrogens is 196 g/mol. The van der Waals surface area contributed by atoms with E-state index in [9.17, 15) is 4.79 Å². The number of carbonyl (C=O) groups is 1. The second-order valence-corrected chi connectivity index (χ2v) is 3.07. The van der Waals surface area contributed by atoms with Crippen LogP contribution in [0.1, 0.15) is 16.1 Å². The van der Waals surface area contributed by atoms with Crippen LogP contribution in [0, 0.1) is 6.92 Å². The van der Waals surface area contributed by atoms with Crippen molar-refractivity contribution in [1.29, 1.82) is 0 Å². The number of hydrogen-bond acceptors (Lipinski definition) is 4. The fourth-order valence-electron chi connectivity index (χ4n) is 1.33. The molecular formula is C11H10O4. The van der Waals surface area contributed by atoms with E-state index in [1.165, 1.54) is 13.4 Å². The van der Waals surface area contributed by atoms with Gasteiger partial charge in [-0.15, -0.1) is 0 Å². The summed E-state index contributed by atoms with van der Waals surface area (Å²) < 4.78 is 15.2. The number of carbonyl (C=O) groups excluding carboxylic acids is 1. The molecule has 2 aromatic heterocycles. The molecule has 0 saturated carbocycles. The molecule has 0 amide bonds. The molecule has 0 unspecified atom stereocenters. The van der Waals surface area contributed by atoms with Gasteiger partial charge in [-0.05, 0) is 25.1 Å². The van der Waals surface area contributed by atoms with Crippen LogP contribution in [0.4, 0.5) is 0 Å². The number of ether oxygens (including phenoxy) is 1. The molecule has 15 heavy (non-hydrogen) atoms. The van der Waals surface area contributed by atoms with Crippen LogP contribution in [0.2, 0.25) is 0 Å². The lowest BCUT2D eigenvalue weighted by Gasteiger charge is -1.97. The summed E-state index contributed by atoms with van der Waals surface area (Å²) in [6.45, 7) is 1.82. The van der Waals surface area contributed by atoms with E-state index in [0.29, 0.717) is 17.1 Å². The maximum absolute atomic E-state index is 11.4. The van der Waals surface area contributed by atoms with E-state index in [0.717, 1.165) is 5.76 Å². The van der Waals surface area contributed by atoms with Crippen LogP contribution >= 0.6 is 0 Å². The van der Waals surface area contributed by atoms with Gasteiger partial charge in [-0.1, -0.05) is 0 Å². The van der Waals surface area contributed by atoms with E-state index >= 15 is 0 Å². The van der Waals surface area contributed by atoms with Crippen molar-refractivity contribution < 1.29 is 18.4 Å². The molecule has 78 valence electrons. The molecule has 0 saturated heterocycles. The first kappa shape index (κ1) is 9.58. The molecule has 0 N–H and O–H groups in total. The van der Waals surface area contributed by atoms with Crippen molar-refractivity contribution in [3.8, 4) is 11.5 Å². The van der Waals surface area contributed by atoms with Crippen LogP contribution in [0.25, 0.3) is 11.5 Å². The lowest BCUT2D eigenvalue weighted by molar-refractivity contribution is 0.0601. The van der Waals surface area contributed by atoms with Crippen LogP contribution in [-0.2, 0) is 4.74 Å². The number of rotatable bonds is 2. The number of furan rings is 2. The summed E-state index contributed by atoms with van der Waals surface area (Å²) >= 11 is 0. The van der Waals surface area contributed by atoms with Crippen molar-refractivity contribution in [3.05, 3.63) is 35.8 Å². The van der Waals surface area contributed by atoms with Gasteiger partial charge in [0.05, 0.1) is 13.4 Å². The van der Waals surface area contributed by atoms with Crippen LogP contribution in [0.15, 0.2) is 33.3 Å². The molecule has 0 fully saturated rings. The Bertz CT molecular complexity index is 478.